The summed E-state index contributed by atoms with van der Waals surface area (Å²) in [6, 6.07) is 1.34. The molecule has 1 aromatic heterocycles. The molecule has 0 saturated heterocycles. The Kier molecular flexibility index (Phi) is 2.40. The van der Waals surface area contributed by atoms with E-state index >= 15 is 0 Å². The highest BCUT2D eigenvalue weighted by Gasteiger charge is 2.38. The lowest BCUT2D eigenvalue weighted by Crippen LogP contribution is -2.20. The van der Waals surface area contributed by atoms with Crippen molar-refractivity contribution in [2.24, 2.45) is 0 Å². The van der Waals surface area contributed by atoms with Crippen LogP contribution in [0.15, 0.2) is 12.3 Å². The predicted molar refractivity (Wildman–Crippen MR) is 40.9 cm³/mol. The number of hydrogen-bond donors (Lipinski definition) is 1. The second-order valence-corrected chi connectivity index (χ2v) is 2.60. The Hall–Kier alpha value is -1.33. The van der Waals surface area contributed by atoms with E-state index in [0.29, 0.717) is 0 Å². The number of rotatable bonds is 1. The number of hydrogen-bond acceptors (Lipinski definition) is 3. The van der Waals surface area contributed by atoms with Crippen LogP contribution in [0.1, 0.15) is 18.7 Å². The number of nitrogen functional groups attached to an aromatic ring is 1. The molecule has 0 aliphatic carbocycles. The van der Waals surface area contributed by atoms with E-state index in [0.717, 1.165) is 6.92 Å². The lowest BCUT2D eigenvalue weighted by atomic mass is 10.1. The summed E-state index contributed by atoms with van der Waals surface area (Å²) in [5.41, 5.74) is 5.22. The summed E-state index contributed by atoms with van der Waals surface area (Å²) in [7, 11) is 0. The first-order valence-corrected chi connectivity index (χ1v) is 3.56. The van der Waals surface area contributed by atoms with E-state index in [-0.39, 0.29) is 11.6 Å². The molecule has 0 saturated carbocycles. The maximum atomic E-state index is 12.1. The summed E-state index contributed by atoms with van der Waals surface area (Å²) in [5, 5.41) is 0. The fraction of sp³-hybridized carbons (Fsp3) is 0.429. The molecule has 1 unspecified atom stereocenters. The summed E-state index contributed by atoms with van der Waals surface area (Å²) in [4.78, 5) is 6.98. The van der Waals surface area contributed by atoms with Gasteiger partial charge in [0, 0.05) is 6.20 Å². The van der Waals surface area contributed by atoms with Gasteiger partial charge in [-0.05, 0) is 13.0 Å². The summed E-state index contributed by atoms with van der Waals surface area (Å²) < 4.78 is 36.4. The standard InChI is InChI=1S/C7H8F3N3/c1-4(7(8,9)10)6-12-3-2-5(11)13-6/h2-4H,1H3,(H2,11,12,13). The van der Waals surface area contributed by atoms with Gasteiger partial charge < -0.3 is 5.73 Å². The maximum absolute atomic E-state index is 12.1. The molecule has 6 heteroatoms. The molecule has 0 amide bonds. The maximum Gasteiger partial charge on any atom is 0.398 e. The second kappa shape index (κ2) is 3.20. The average molecular weight is 191 g/mol. The van der Waals surface area contributed by atoms with Crippen LogP contribution in [0.2, 0.25) is 0 Å². The number of anilines is 1. The summed E-state index contributed by atoms with van der Waals surface area (Å²) >= 11 is 0. The van der Waals surface area contributed by atoms with Crippen molar-refractivity contribution in [3.8, 4) is 0 Å². The van der Waals surface area contributed by atoms with Gasteiger partial charge in [0.25, 0.3) is 0 Å². The van der Waals surface area contributed by atoms with Crippen LogP contribution in [0, 0.1) is 0 Å². The fourth-order valence-corrected chi connectivity index (χ4v) is 0.743. The summed E-state index contributed by atoms with van der Waals surface area (Å²) in [6.45, 7) is 0.995. The molecule has 0 fully saturated rings. The normalized spacial score (nSPS) is 14.2. The van der Waals surface area contributed by atoms with Crippen molar-refractivity contribution in [3.63, 3.8) is 0 Å². The molecule has 0 aromatic carbocycles. The molecule has 0 spiro atoms. The molecular formula is C7H8F3N3. The van der Waals surface area contributed by atoms with Crippen LogP contribution in [0.5, 0.6) is 0 Å². The first kappa shape index (κ1) is 9.76. The third-order valence-electron chi connectivity index (χ3n) is 1.57. The Morgan fingerprint density at radius 3 is 2.54 bits per heavy atom. The van der Waals surface area contributed by atoms with Crippen LogP contribution in [-0.4, -0.2) is 16.1 Å². The van der Waals surface area contributed by atoms with Crippen molar-refractivity contribution < 1.29 is 13.2 Å². The van der Waals surface area contributed by atoms with Gasteiger partial charge in [-0.3, -0.25) is 0 Å². The molecule has 1 aromatic rings. The SMILES string of the molecule is CC(c1nccc(N)n1)C(F)(F)F. The van der Waals surface area contributed by atoms with Crippen LogP contribution >= 0.6 is 0 Å². The number of halogens is 3. The van der Waals surface area contributed by atoms with E-state index in [2.05, 4.69) is 9.97 Å². The fourth-order valence-electron chi connectivity index (χ4n) is 0.743. The Morgan fingerprint density at radius 2 is 2.08 bits per heavy atom. The molecule has 0 bridgehead atoms. The zero-order chi connectivity index (χ0) is 10.1. The molecule has 2 N–H and O–H groups in total. The Balaban J connectivity index is 2.96. The lowest BCUT2D eigenvalue weighted by Gasteiger charge is -2.13. The minimum absolute atomic E-state index is 0.0427. The van der Waals surface area contributed by atoms with E-state index in [1.807, 2.05) is 0 Å². The van der Waals surface area contributed by atoms with Crippen molar-refractivity contribution in [1.29, 1.82) is 0 Å². The van der Waals surface area contributed by atoms with Gasteiger partial charge >= 0.3 is 6.18 Å². The van der Waals surface area contributed by atoms with E-state index in [4.69, 9.17) is 5.73 Å². The van der Waals surface area contributed by atoms with Crippen LogP contribution in [-0.2, 0) is 0 Å². The molecule has 0 radical (unpaired) electrons. The number of alkyl halides is 3. The Bertz CT molecular complexity index is 297. The van der Waals surface area contributed by atoms with Crippen molar-refractivity contribution in [2.45, 2.75) is 19.0 Å². The van der Waals surface area contributed by atoms with Crippen molar-refractivity contribution in [2.75, 3.05) is 5.73 Å². The summed E-state index contributed by atoms with van der Waals surface area (Å²) in [5.74, 6) is -1.94. The van der Waals surface area contributed by atoms with Gasteiger partial charge in [0.15, 0.2) is 0 Å². The molecule has 1 heterocycles. The molecule has 1 atom stereocenters. The summed E-state index contributed by atoms with van der Waals surface area (Å²) in [6.07, 6.45) is -3.12. The van der Waals surface area contributed by atoms with Gasteiger partial charge in [-0.1, -0.05) is 0 Å². The van der Waals surface area contributed by atoms with Crippen LogP contribution < -0.4 is 5.73 Å². The zero-order valence-electron chi connectivity index (χ0n) is 6.84. The topological polar surface area (TPSA) is 51.8 Å². The monoisotopic (exact) mass is 191 g/mol. The molecular weight excluding hydrogens is 183 g/mol. The van der Waals surface area contributed by atoms with Crippen molar-refractivity contribution in [1.82, 2.24) is 9.97 Å². The third kappa shape index (κ3) is 2.30. The Morgan fingerprint density at radius 1 is 1.46 bits per heavy atom. The molecule has 0 aliphatic rings. The van der Waals surface area contributed by atoms with Crippen molar-refractivity contribution in [3.05, 3.63) is 18.1 Å². The third-order valence-corrected chi connectivity index (χ3v) is 1.57. The molecule has 72 valence electrons. The van der Waals surface area contributed by atoms with Crippen LogP contribution in [0.3, 0.4) is 0 Å². The smallest absolute Gasteiger partial charge is 0.384 e. The van der Waals surface area contributed by atoms with Gasteiger partial charge in [0.1, 0.15) is 17.6 Å². The van der Waals surface area contributed by atoms with Gasteiger partial charge in [-0.2, -0.15) is 13.2 Å². The lowest BCUT2D eigenvalue weighted by molar-refractivity contribution is -0.147. The highest BCUT2D eigenvalue weighted by atomic mass is 19.4. The number of nitrogens with zero attached hydrogens (tertiary/aromatic N) is 2. The first-order chi connectivity index (χ1) is 5.91. The van der Waals surface area contributed by atoms with Crippen LogP contribution in [0.4, 0.5) is 19.0 Å². The van der Waals surface area contributed by atoms with E-state index in [1.165, 1.54) is 12.3 Å². The largest absolute Gasteiger partial charge is 0.398 e. The van der Waals surface area contributed by atoms with Crippen molar-refractivity contribution >= 4 is 5.82 Å². The first-order valence-electron chi connectivity index (χ1n) is 3.56. The molecule has 13 heavy (non-hydrogen) atoms. The number of aromatic nitrogens is 2. The quantitative estimate of drug-likeness (QED) is 0.735. The van der Waals surface area contributed by atoms with Crippen LogP contribution in [0.25, 0.3) is 0 Å². The highest BCUT2D eigenvalue weighted by molar-refractivity contribution is 5.26. The predicted octanol–water partition coefficient (Wildman–Crippen LogP) is 1.72. The zero-order valence-corrected chi connectivity index (χ0v) is 6.84. The average Bonchev–Trinajstić information content (AvgIpc) is 2.01. The Labute approximate surface area is 72.8 Å². The minimum atomic E-state index is -4.33. The van der Waals surface area contributed by atoms with Gasteiger partial charge in [0.05, 0.1) is 0 Å². The van der Waals surface area contributed by atoms with E-state index < -0.39 is 12.1 Å². The van der Waals surface area contributed by atoms with Gasteiger partial charge in [-0.25, -0.2) is 9.97 Å². The molecule has 1 rings (SSSR count). The van der Waals surface area contributed by atoms with E-state index in [9.17, 15) is 13.2 Å². The minimum Gasteiger partial charge on any atom is -0.384 e. The van der Waals surface area contributed by atoms with E-state index in [1.54, 1.807) is 0 Å². The van der Waals surface area contributed by atoms with Gasteiger partial charge in [-0.15, -0.1) is 0 Å². The second-order valence-electron chi connectivity index (χ2n) is 2.60. The van der Waals surface area contributed by atoms with Gasteiger partial charge in [0.2, 0.25) is 0 Å². The molecule has 3 nitrogen and oxygen atoms in total. The highest BCUT2D eigenvalue weighted by Crippen LogP contribution is 2.32. The molecule has 0 aliphatic heterocycles. The number of nitrogens with two attached hydrogens (primary N) is 1.